The number of rotatable bonds is 11. The zero-order chi connectivity index (χ0) is 35.9. The van der Waals surface area contributed by atoms with E-state index in [1.54, 1.807) is 0 Å². The number of carboxylic acids is 4. The first kappa shape index (κ1) is 37.4. The van der Waals surface area contributed by atoms with Gasteiger partial charge in [-0.3, -0.25) is 9.80 Å². The van der Waals surface area contributed by atoms with Crippen LogP contribution in [0.1, 0.15) is 36.8 Å². The molecule has 2 fully saturated rings. The Bertz CT molecular complexity index is 1660. The highest BCUT2D eigenvalue weighted by Gasteiger charge is 2.17. The van der Waals surface area contributed by atoms with Crippen LogP contribution >= 0.6 is 0 Å². The van der Waals surface area contributed by atoms with Crippen molar-refractivity contribution in [3.8, 4) is 22.8 Å². The van der Waals surface area contributed by atoms with Gasteiger partial charge in [0, 0.05) is 36.0 Å². The van der Waals surface area contributed by atoms with Gasteiger partial charge in [-0.05, 0) is 99.9 Å². The summed E-state index contributed by atoms with van der Waals surface area (Å²) in [5, 5.41) is 30.7. The van der Waals surface area contributed by atoms with Crippen molar-refractivity contribution in [2.75, 3.05) is 52.5 Å². The molecule has 0 saturated carbocycles. The van der Waals surface area contributed by atoms with E-state index < -0.39 is 23.9 Å². The second-order valence-electron chi connectivity index (χ2n) is 11.8. The molecule has 3 heterocycles. The maximum atomic E-state index is 9.10. The topological polar surface area (TPSA) is 187 Å². The van der Waals surface area contributed by atoms with Crippen LogP contribution in [0.3, 0.4) is 0 Å². The van der Waals surface area contributed by atoms with Crippen LogP contribution in [0.5, 0.6) is 11.5 Å². The zero-order valence-electron chi connectivity index (χ0n) is 27.7. The van der Waals surface area contributed by atoms with Crippen LogP contribution in [0.15, 0.2) is 77.2 Å². The molecule has 3 aromatic carbocycles. The summed E-state index contributed by atoms with van der Waals surface area (Å²) in [6.07, 6.45) is 6.05. The van der Waals surface area contributed by atoms with Gasteiger partial charge in [0.25, 0.3) is 0 Å². The third kappa shape index (κ3) is 11.6. The molecule has 2 saturated heterocycles. The molecule has 13 heteroatoms. The van der Waals surface area contributed by atoms with Crippen molar-refractivity contribution in [2.24, 2.45) is 0 Å². The highest BCUT2D eigenvalue weighted by molar-refractivity contribution is 6.27. The van der Waals surface area contributed by atoms with E-state index in [0.29, 0.717) is 0 Å². The number of para-hydroxylation sites is 1. The van der Waals surface area contributed by atoms with Crippen LogP contribution in [0.25, 0.3) is 22.3 Å². The quantitative estimate of drug-likeness (QED) is 0.155. The number of benzene rings is 3. The molecular formula is C37H42N2O11. The Balaban J connectivity index is 0.000000404. The first-order valence-corrected chi connectivity index (χ1v) is 16.4. The molecule has 6 rings (SSSR count). The van der Waals surface area contributed by atoms with Gasteiger partial charge in [0.15, 0.2) is 0 Å². The summed E-state index contributed by atoms with van der Waals surface area (Å²) in [7, 11) is 0. The number of hydrogen-bond donors (Lipinski definition) is 4. The van der Waals surface area contributed by atoms with Gasteiger partial charge in [-0.1, -0.05) is 30.3 Å². The van der Waals surface area contributed by atoms with E-state index in [9.17, 15) is 0 Å². The van der Waals surface area contributed by atoms with Gasteiger partial charge in [0.2, 0.25) is 0 Å². The van der Waals surface area contributed by atoms with E-state index in [4.69, 9.17) is 53.5 Å². The molecule has 50 heavy (non-hydrogen) atoms. The van der Waals surface area contributed by atoms with Crippen molar-refractivity contribution in [3.05, 3.63) is 83.9 Å². The summed E-state index contributed by atoms with van der Waals surface area (Å²) in [5.41, 5.74) is 4.45. The van der Waals surface area contributed by atoms with E-state index in [2.05, 4.69) is 76.5 Å². The van der Waals surface area contributed by atoms with Crippen molar-refractivity contribution in [3.63, 3.8) is 0 Å². The first-order valence-electron chi connectivity index (χ1n) is 16.4. The Labute approximate surface area is 289 Å². The van der Waals surface area contributed by atoms with Gasteiger partial charge in [-0.2, -0.15) is 0 Å². The van der Waals surface area contributed by atoms with Crippen molar-refractivity contribution >= 4 is 34.8 Å². The van der Waals surface area contributed by atoms with Crippen molar-refractivity contribution in [1.29, 1.82) is 0 Å². The average molecular weight is 691 g/mol. The van der Waals surface area contributed by atoms with E-state index in [-0.39, 0.29) is 0 Å². The van der Waals surface area contributed by atoms with Crippen LogP contribution in [-0.2, 0) is 25.6 Å². The zero-order valence-corrected chi connectivity index (χ0v) is 27.7. The minimum atomic E-state index is -1.82. The monoisotopic (exact) mass is 690 g/mol. The van der Waals surface area contributed by atoms with Gasteiger partial charge in [0.05, 0.1) is 0 Å². The Kier molecular flexibility index (Phi) is 14.2. The summed E-state index contributed by atoms with van der Waals surface area (Å²) in [6.45, 7) is 8.29. The van der Waals surface area contributed by atoms with Gasteiger partial charge >= 0.3 is 23.9 Å². The van der Waals surface area contributed by atoms with Gasteiger partial charge in [-0.25, -0.2) is 19.2 Å². The number of carboxylic acid groups (broad SMARTS) is 4. The Morgan fingerprint density at radius 1 is 0.600 bits per heavy atom. The molecule has 4 N–H and O–H groups in total. The van der Waals surface area contributed by atoms with Gasteiger partial charge in [0.1, 0.15) is 36.1 Å². The summed E-state index contributed by atoms with van der Waals surface area (Å²) in [4.78, 5) is 41.4. The van der Waals surface area contributed by atoms with Crippen LogP contribution in [0.4, 0.5) is 0 Å². The molecule has 0 bridgehead atoms. The van der Waals surface area contributed by atoms with Crippen molar-refractivity contribution in [2.45, 2.75) is 32.1 Å². The number of fused-ring (bicyclic) bond motifs is 1. The number of likely N-dealkylation sites (tertiary alicyclic amines) is 2. The van der Waals surface area contributed by atoms with E-state index in [1.807, 2.05) is 6.07 Å². The second kappa shape index (κ2) is 19.0. The van der Waals surface area contributed by atoms with Crippen molar-refractivity contribution < 1.29 is 53.5 Å². The Morgan fingerprint density at radius 3 is 1.50 bits per heavy atom. The van der Waals surface area contributed by atoms with Crippen molar-refractivity contribution in [1.82, 2.24) is 9.80 Å². The molecule has 266 valence electrons. The maximum Gasteiger partial charge on any atom is 0.414 e. The average Bonchev–Trinajstić information content (AvgIpc) is 3.89. The second-order valence-corrected chi connectivity index (χ2v) is 11.8. The molecule has 0 radical (unpaired) electrons. The number of nitrogens with zero attached hydrogens (tertiary/aromatic N) is 2. The Morgan fingerprint density at radius 2 is 1.04 bits per heavy atom. The normalized spacial score (nSPS) is 14.2. The van der Waals surface area contributed by atoms with Crippen LogP contribution < -0.4 is 9.47 Å². The fraction of sp³-hybridized carbons (Fsp3) is 0.351. The van der Waals surface area contributed by atoms with Gasteiger partial charge < -0.3 is 34.3 Å². The SMILES string of the molecule is O=C(O)C(=O)O.O=C(O)C(=O)O.c1ccc2c(Cc3ccc(OCCN4CCCC4)cc3)c(-c3ccc(OCCN4CCCC4)cc3)oc2c1. The standard InChI is InChI=1S/C33H38N2O3.2C2H2O4/c1-2-8-32-30(7-1)31(25-26-9-13-28(14-10-26)36-23-21-34-17-3-4-18-34)33(38-32)27-11-15-29(16-12-27)37-24-22-35-19-5-6-20-35;2*3-1(4)2(5)6/h1-2,7-16H,3-6,17-25H2;2*(H,3,4)(H,5,6). The molecule has 13 nitrogen and oxygen atoms in total. The number of ether oxygens (including phenoxy) is 2. The largest absolute Gasteiger partial charge is 0.492 e. The van der Waals surface area contributed by atoms with E-state index in [1.165, 1.54) is 68.4 Å². The number of aliphatic carboxylic acids is 4. The highest BCUT2D eigenvalue weighted by Crippen LogP contribution is 2.36. The molecule has 1 aromatic heterocycles. The lowest BCUT2D eigenvalue weighted by Crippen LogP contribution is -2.25. The highest BCUT2D eigenvalue weighted by atomic mass is 16.5. The molecule has 2 aliphatic heterocycles. The first-order chi connectivity index (χ1) is 24.1. The molecule has 0 amide bonds. The predicted molar refractivity (Wildman–Crippen MR) is 184 cm³/mol. The number of carbonyl (C=O) groups is 4. The molecular weight excluding hydrogens is 648 g/mol. The number of furan rings is 1. The minimum absolute atomic E-state index is 0.729. The fourth-order valence-electron chi connectivity index (χ4n) is 5.72. The van der Waals surface area contributed by atoms with E-state index in [0.717, 1.165) is 61.1 Å². The predicted octanol–water partition coefficient (Wildman–Crippen LogP) is 4.95. The molecule has 2 aliphatic rings. The third-order valence-corrected chi connectivity index (χ3v) is 8.23. The summed E-state index contributed by atoms with van der Waals surface area (Å²) in [6, 6.07) is 25.2. The molecule has 4 aromatic rings. The van der Waals surface area contributed by atoms with Crippen LogP contribution in [-0.4, -0.2) is 107 Å². The maximum absolute atomic E-state index is 9.10. The fourth-order valence-corrected chi connectivity index (χ4v) is 5.72. The lowest BCUT2D eigenvalue weighted by atomic mass is 9.98. The van der Waals surface area contributed by atoms with E-state index >= 15 is 0 Å². The molecule has 0 spiro atoms. The summed E-state index contributed by atoms with van der Waals surface area (Å²) < 4.78 is 18.4. The van der Waals surface area contributed by atoms with Gasteiger partial charge in [-0.15, -0.1) is 0 Å². The molecule has 0 atom stereocenters. The number of hydrogen-bond acceptors (Lipinski definition) is 9. The summed E-state index contributed by atoms with van der Waals surface area (Å²) >= 11 is 0. The van der Waals surface area contributed by atoms with Crippen LogP contribution in [0.2, 0.25) is 0 Å². The molecule has 0 aliphatic carbocycles. The minimum Gasteiger partial charge on any atom is -0.492 e. The Hall–Kier alpha value is -5.40. The smallest absolute Gasteiger partial charge is 0.414 e. The lowest BCUT2D eigenvalue weighted by molar-refractivity contribution is -0.159. The summed E-state index contributed by atoms with van der Waals surface area (Å²) in [5.74, 6) is -4.52. The van der Waals surface area contributed by atoms with Crippen LogP contribution in [0, 0.1) is 0 Å². The molecule has 0 unspecified atom stereocenters. The lowest BCUT2D eigenvalue weighted by Gasteiger charge is -2.15. The third-order valence-electron chi connectivity index (χ3n) is 8.23.